The van der Waals surface area contributed by atoms with Crippen LogP contribution in [0, 0.1) is 6.92 Å². The molecule has 2 aromatic carbocycles. The minimum absolute atomic E-state index is 0.196. The Morgan fingerprint density at radius 3 is 2.15 bits per heavy atom. The van der Waals surface area contributed by atoms with Crippen LogP contribution in [0.15, 0.2) is 47.4 Å². The third kappa shape index (κ3) is 4.57. The fraction of sp³-hybridized carbons (Fsp3) is 0.381. The van der Waals surface area contributed by atoms with Gasteiger partial charge < -0.3 is 5.32 Å². The Bertz CT molecular complexity index is 900. The summed E-state index contributed by atoms with van der Waals surface area (Å²) < 4.78 is 26.5. The number of para-hydroxylation sites is 1. The number of amides is 1. The van der Waals surface area contributed by atoms with Gasteiger partial charge >= 0.3 is 0 Å². The highest BCUT2D eigenvalue weighted by molar-refractivity contribution is 7.89. The van der Waals surface area contributed by atoms with Crippen molar-refractivity contribution in [2.24, 2.45) is 0 Å². The molecule has 0 aliphatic rings. The van der Waals surface area contributed by atoms with Crippen molar-refractivity contribution < 1.29 is 13.2 Å². The number of aryl methyl sites for hydroxylation is 1. The highest BCUT2D eigenvalue weighted by Crippen LogP contribution is 2.28. The highest BCUT2D eigenvalue weighted by atomic mass is 32.2. The van der Waals surface area contributed by atoms with E-state index in [0.717, 1.165) is 16.8 Å². The summed E-state index contributed by atoms with van der Waals surface area (Å²) in [5.41, 5.74) is 3.31. The second-order valence-electron chi connectivity index (χ2n) is 6.76. The van der Waals surface area contributed by atoms with Crippen molar-refractivity contribution in [3.63, 3.8) is 0 Å². The van der Waals surface area contributed by atoms with E-state index in [-0.39, 0.29) is 16.7 Å². The summed E-state index contributed by atoms with van der Waals surface area (Å²) >= 11 is 0. The minimum Gasteiger partial charge on any atom is -0.321 e. The fourth-order valence-corrected chi connectivity index (χ4v) is 4.48. The first-order valence-electron chi connectivity index (χ1n) is 9.23. The zero-order valence-electron chi connectivity index (χ0n) is 16.6. The zero-order valence-corrected chi connectivity index (χ0v) is 17.4. The van der Waals surface area contributed by atoms with Crippen molar-refractivity contribution in [1.82, 2.24) is 4.31 Å². The Hall–Kier alpha value is -2.18. The maximum atomic E-state index is 12.7. The van der Waals surface area contributed by atoms with Crippen molar-refractivity contribution in [2.75, 3.05) is 18.4 Å². The van der Waals surface area contributed by atoms with Crippen LogP contribution in [0.5, 0.6) is 0 Å². The third-order valence-corrected chi connectivity index (χ3v) is 6.69. The van der Waals surface area contributed by atoms with Crippen molar-refractivity contribution in [1.29, 1.82) is 0 Å². The Kier molecular flexibility index (Phi) is 6.78. The van der Waals surface area contributed by atoms with Crippen molar-refractivity contribution in [2.45, 2.75) is 45.4 Å². The van der Waals surface area contributed by atoms with E-state index >= 15 is 0 Å². The van der Waals surface area contributed by atoms with Crippen LogP contribution in [0.25, 0.3) is 0 Å². The lowest BCUT2D eigenvalue weighted by Crippen LogP contribution is -2.30. The molecule has 0 aromatic heterocycles. The highest BCUT2D eigenvalue weighted by Gasteiger charge is 2.22. The number of anilines is 1. The van der Waals surface area contributed by atoms with Gasteiger partial charge in [0.2, 0.25) is 10.0 Å². The van der Waals surface area contributed by atoms with Gasteiger partial charge in [-0.1, -0.05) is 45.9 Å². The molecule has 0 heterocycles. The van der Waals surface area contributed by atoms with Crippen LogP contribution in [0.3, 0.4) is 0 Å². The maximum Gasteiger partial charge on any atom is 0.255 e. The molecule has 1 amide bonds. The summed E-state index contributed by atoms with van der Waals surface area (Å²) in [7, 11) is -3.53. The van der Waals surface area contributed by atoms with Crippen LogP contribution in [0.1, 0.15) is 55.1 Å². The van der Waals surface area contributed by atoms with Crippen molar-refractivity contribution >= 4 is 21.6 Å². The molecule has 146 valence electrons. The molecule has 6 heteroatoms. The number of nitrogens with one attached hydrogen (secondary N) is 1. The average Bonchev–Trinajstić information content (AvgIpc) is 2.64. The summed E-state index contributed by atoms with van der Waals surface area (Å²) in [5.74, 6) is 0.0276. The Balaban J connectivity index is 2.28. The molecule has 2 rings (SSSR count). The van der Waals surface area contributed by atoms with Gasteiger partial charge in [0, 0.05) is 24.3 Å². The van der Waals surface area contributed by atoms with E-state index in [9.17, 15) is 13.2 Å². The van der Waals surface area contributed by atoms with Gasteiger partial charge in [-0.2, -0.15) is 4.31 Å². The van der Waals surface area contributed by atoms with Crippen LogP contribution >= 0.6 is 0 Å². The molecule has 0 saturated carbocycles. The lowest BCUT2D eigenvalue weighted by Gasteiger charge is -2.19. The van der Waals surface area contributed by atoms with E-state index < -0.39 is 10.0 Å². The van der Waals surface area contributed by atoms with Gasteiger partial charge in [0.1, 0.15) is 0 Å². The number of carbonyl (C=O) groups is 1. The number of sulfonamides is 1. The molecule has 0 aliphatic carbocycles. The molecule has 0 atom stereocenters. The van der Waals surface area contributed by atoms with Crippen molar-refractivity contribution in [3.8, 4) is 0 Å². The van der Waals surface area contributed by atoms with E-state index in [1.54, 1.807) is 26.0 Å². The molecule has 0 saturated heterocycles. The standard InChI is InChI=1S/C21H28N2O3S/c1-6-23(7-2)27(25,26)18-13-11-17(12-14-18)21(24)22-20-16(5)9-8-10-19(20)15(3)4/h8-15H,6-7H2,1-5H3,(H,22,24). The summed E-state index contributed by atoms with van der Waals surface area (Å²) in [6.07, 6.45) is 0. The molecule has 0 aliphatic heterocycles. The fourth-order valence-electron chi connectivity index (χ4n) is 3.02. The SMILES string of the molecule is CCN(CC)S(=O)(=O)c1ccc(C(=O)Nc2c(C)cccc2C(C)C)cc1. The lowest BCUT2D eigenvalue weighted by molar-refractivity contribution is 0.102. The van der Waals surface area contributed by atoms with Gasteiger partial charge in [-0.25, -0.2) is 8.42 Å². The van der Waals surface area contributed by atoms with Gasteiger partial charge in [0.05, 0.1) is 4.90 Å². The molecule has 1 N–H and O–H groups in total. The summed E-state index contributed by atoms with van der Waals surface area (Å²) in [6.45, 7) is 10.5. The topological polar surface area (TPSA) is 66.5 Å². The quantitative estimate of drug-likeness (QED) is 0.764. The van der Waals surface area contributed by atoms with E-state index in [4.69, 9.17) is 0 Å². The maximum absolute atomic E-state index is 12.7. The Morgan fingerprint density at radius 1 is 1.04 bits per heavy atom. The average molecular weight is 389 g/mol. The van der Waals surface area contributed by atoms with Crippen LogP contribution in [-0.2, 0) is 10.0 Å². The summed E-state index contributed by atoms with van der Waals surface area (Å²) in [6, 6.07) is 12.0. The number of rotatable bonds is 7. The van der Waals surface area contributed by atoms with Gasteiger partial charge in [0.25, 0.3) is 5.91 Å². The number of nitrogens with zero attached hydrogens (tertiary/aromatic N) is 1. The van der Waals surface area contributed by atoms with Gasteiger partial charge in [0.15, 0.2) is 0 Å². The van der Waals surface area contributed by atoms with Gasteiger partial charge in [-0.05, 0) is 48.2 Å². The molecule has 5 nitrogen and oxygen atoms in total. The van der Waals surface area contributed by atoms with Crippen LogP contribution in [0.2, 0.25) is 0 Å². The van der Waals surface area contributed by atoms with E-state index in [2.05, 4.69) is 19.2 Å². The third-order valence-electron chi connectivity index (χ3n) is 4.63. The monoisotopic (exact) mass is 388 g/mol. The molecule has 0 fully saturated rings. The smallest absolute Gasteiger partial charge is 0.255 e. The zero-order chi connectivity index (χ0) is 20.2. The minimum atomic E-state index is -3.53. The van der Waals surface area contributed by atoms with E-state index in [0.29, 0.717) is 18.7 Å². The number of carbonyl (C=O) groups excluding carboxylic acids is 1. The molecule has 27 heavy (non-hydrogen) atoms. The van der Waals surface area contributed by atoms with Crippen LogP contribution in [0.4, 0.5) is 5.69 Å². The summed E-state index contributed by atoms with van der Waals surface area (Å²) in [5, 5.41) is 2.98. The Labute approximate surface area is 162 Å². The molecule has 0 unspecified atom stereocenters. The van der Waals surface area contributed by atoms with Gasteiger partial charge in [-0.15, -0.1) is 0 Å². The summed E-state index contributed by atoms with van der Waals surface area (Å²) in [4.78, 5) is 12.9. The predicted octanol–water partition coefficient (Wildman–Crippen LogP) is 4.40. The van der Waals surface area contributed by atoms with Crippen molar-refractivity contribution in [3.05, 3.63) is 59.2 Å². The van der Waals surface area contributed by atoms with Gasteiger partial charge in [-0.3, -0.25) is 4.79 Å². The second kappa shape index (κ2) is 8.67. The first-order chi connectivity index (χ1) is 12.7. The number of hydrogen-bond acceptors (Lipinski definition) is 3. The molecule has 2 aromatic rings. The number of hydrogen-bond donors (Lipinski definition) is 1. The van der Waals surface area contributed by atoms with E-state index in [1.165, 1.54) is 16.4 Å². The van der Waals surface area contributed by atoms with E-state index in [1.807, 2.05) is 25.1 Å². The first-order valence-corrected chi connectivity index (χ1v) is 10.7. The molecule has 0 bridgehead atoms. The molecular formula is C21H28N2O3S. The first kappa shape index (κ1) is 21.1. The molecule has 0 radical (unpaired) electrons. The molecular weight excluding hydrogens is 360 g/mol. The van der Waals surface area contributed by atoms with Crippen LogP contribution < -0.4 is 5.32 Å². The van der Waals surface area contributed by atoms with Crippen LogP contribution in [-0.4, -0.2) is 31.7 Å². The normalized spacial score (nSPS) is 11.8. The Morgan fingerprint density at radius 2 is 1.63 bits per heavy atom. The lowest BCUT2D eigenvalue weighted by atomic mass is 9.98. The largest absolute Gasteiger partial charge is 0.321 e. The molecule has 0 spiro atoms. The number of benzene rings is 2. The predicted molar refractivity (Wildman–Crippen MR) is 110 cm³/mol. The second-order valence-corrected chi connectivity index (χ2v) is 8.70.